The Kier molecular flexibility index (Phi) is 5.01. The summed E-state index contributed by atoms with van der Waals surface area (Å²) in [7, 11) is 0. The molecule has 1 aliphatic heterocycles. The van der Waals surface area contributed by atoms with Crippen molar-refractivity contribution >= 4 is 17.6 Å². The van der Waals surface area contributed by atoms with Crippen molar-refractivity contribution in [3.05, 3.63) is 83.4 Å². The SMILES string of the molecule is NCc1cccc(-c2cccc([C@H]3Oc4c(CC(=O)O)cccc4NC3=O)c2)c1. The number of para-hydroxylation sites is 1. The first-order valence-corrected chi connectivity index (χ1v) is 9.25. The second kappa shape index (κ2) is 7.77. The molecule has 1 atom stereocenters. The van der Waals surface area contributed by atoms with E-state index in [0.717, 1.165) is 16.7 Å². The molecule has 146 valence electrons. The predicted octanol–water partition coefficient (Wildman–Crippen LogP) is 3.51. The number of carbonyl (C=O) groups is 2. The van der Waals surface area contributed by atoms with Gasteiger partial charge in [0.25, 0.3) is 5.91 Å². The minimum Gasteiger partial charge on any atom is -0.481 e. The van der Waals surface area contributed by atoms with E-state index in [2.05, 4.69) is 5.32 Å². The van der Waals surface area contributed by atoms with Crippen LogP contribution in [0.4, 0.5) is 5.69 Å². The Bertz CT molecular complexity index is 1090. The fourth-order valence-electron chi connectivity index (χ4n) is 3.47. The van der Waals surface area contributed by atoms with Crippen molar-refractivity contribution in [3.63, 3.8) is 0 Å². The average Bonchev–Trinajstić information content (AvgIpc) is 2.73. The predicted molar refractivity (Wildman–Crippen MR) is 110 cm³/mol. The Morgan fingerprint density at radius 1 is 1.03 bits per heavy atom. The third-order valence-corrected chi connectivity index (χ3v) is 4.86. The smallest absolute Gasteiger partial charge is 0.307 e. The van der Waals surface area contributed by atoms with Gasteiger partial charge in [0.15, 0.2) is 0 Å². The molecule has 4 rings (SSSR count). The van der Waals surface area contributed by atoms with Crippen molar-refractivity contribution in [2.45, 2.75) is 19.1 Å². The Morgan fingerprint density at radius 2 is 1.76 bits per heavy atom. The van der Waals surface area contributed by atoms with E-state index in [1.807, 2.05) is 48.5 Å². The third-order valence-electron chi connectivity index (χ3n) is 4.86. The molecule has 0 aromatic heterocycles. The number of benzene rings is 3. The minimum absolute atomic E-state index is 0.183. The van der Waals surface area contributed by atoms with E-state index < -0.39 is 12.1 Å². The van der Waals surface area contributed by atoms with Crippen molar-refractivity contribution in [2.24, 2.45) is 5.73 Å². The maximum atomic E-state index is 12.7. The summed E-state index contributed by atoms with van der Waals surface area (Å²) in [4.78, 5) is 23.8. The summed E-state index contributed by atoms with van der Waals surface area (Å²) in [6, 6.07) is 20.6. The molecule has 3 aromatic rings. The molecule has 4 N–H and O–H groups in total. The number of carbonyl (C=O) groups excluding carboxylic acids is 1. The average molecular weight is 388 g/mol. The molecular weight excluding hydrogens is 368 g/mol. The number of aliphatic carboxylic acids is 1. The van der Waals surface area contributed by atoms with Crippen LogP contribution in [0.25, 0.3) is 11.1 Å². The van der Waals surface area contributed by atoms with Crippen LogP contribution in [0.1, 0.15) is 22.8 Å². The van der Waals surface area contributed by atoms with Crippen LogP contribution in [-0.4, -0.2) is 17.0 Å². The molecule has 1 heterocycles. The lowest BCUT2D eigenvalue weighted by Crippen LogP contribution is -2.30. The van der Waals surface area contributed by atoms with Crippen LogP contribution in [0.2, 0.25) is 0 Å². The maximum absolute atomic E-state index is 12.7. The molecule has 0 saturated heterocycles. The quantitative estimate of drug-likeness (QED) is 0.621. The summed E-state index contributed by atoms with van der Waals surface area (Å²) >= 11 is 0. The topological polar surface area (TPSA) is 102 Å². The number of fused-ring (bicyclic) bond motifs is 1. The minimum atomic E-state index is -0.961. The first-order chi connectivity index (χ1) is 14.0. The lowest BCUT2D eigenvalue weighted by atomic mass is 9.98. The van der Waals surface area contributed by atoms with E-state index in [1.165, 1.54) is 0 Å². The number of nitrogens with two attached hydrogens (primary N) is 1. The number of nitrogens with one attached hydrogen (secondary N) is 1. The van der Waals surface area contributed by atoms with Crippen molar-refractivity contribution < 1.29 is 19.4 Å². The Labute approximate surface area is 167 Å². The zero-order valence-electron chi connectivity index (χ0n) is 15.6. The molecule has 0 aliphatic carbocycles. The Morgan fingerprint density at radius 3 is 2.52 bits per heavy atom. The molecule has 29 heavy (non-hydrogen) atoms. The van der Waals surface area contributed by atoms with Crippen LogP contribution in [0, 0.1) is 0 Å². The molecular formula is C23H20N2O4. The van der Waals surface area contributed by atoms with Crippen molar-refractivity contribution in [1.29, 1.82) is 0 Å². The van der Waals surface area contributed by atoms with Gasteiger partial charge in [-0.3, -0.25) is 9.59 Å². The summed E-state index contributed by atoms with van der Waals surface area (Å²) < 4.78 is 6.00. The fraction of sp³-hybridized carbons (Fsp3) is 0.130. The summed E-state index contributed by atoms with van der Waals surface area (Å²) in [6.07, 6.45) is -1.05. The van der Waals surface area contributed by atoms with Gasteiger partial charge in [0.05, 0.1) is 12.1 Å². The zero-order valence-corrected chi connectivity index (χ0v) is 15.6. The van der Waals surface area contributed by atoms with Crippen molar-refractivity contribution in [3.8, 4) is 16.9 Å². The number of carboxylic acids is 1. The lowest BCUT2D eigenvalue weighted by Gasteiger charge is -2.28. The zero-order chi connectivity index (χ0) is 20.4. The van der Waals surface area contributed by atoms with Gasteiger partial charge in [-0.25, -0.2) is 0 Å². The molecule has 0 unspecified atom stereocenters. The monoisotopic (exact) mass is 388 g/mol. The molecule has 0 bridgehead atoms. The molecule has 0 saturated carbocycles. The number of ether oxygens (including phenoxy) is 1. The summed E-state index contributed by atoms with van der Waals surface area (Å²) in [5, 5.41) is 12.0. The van der Waals surface area contributed by atoms with Gasteiger partial charge in [0, 0.05) is 17.7 Å². The molecule has 3 aromatic carbocycles. The van der Waals surface area contributed by atoms with Gasteiger partial charge in [0.2, 0.25) is 6.10 Å². The number of anilines is 1. The maximum Gasteiger partial charge on any atom is 0.307 e. The number of amides is 1. The Balaban J connectivity index is 1.69. The summed E-state index contributed by atoms with van der Waals surface area (Å²) in [5.41, 5.74) is 10.4. The van der Waals surface area contributed by atoms with Crippen LogP contribution in [0.5, 0.6) is 5.75 Å². The first kappa shape index (κ1) is 18.7. The van der Waals surface area contributed by atoms with E-state index in [1.54, 1.807) is 18.2 Å². The van der Waals surface area contributed by atoms with Crippen molar-refractivity contribution in [2.75, 3.05) is 5.32 Å². The van der Waals surface area contributed by atoms with Crippen LogP contribution in [0.3, 0.4) is 0 Å². The van der Waals surface area contributed by atoms with E-state index in [9.17, 15) is 9.59 Å². The standard InChI is InChI=1S/C23H20N2O4/c24-13-14-4-1-5-15(10-14)16-6-2-7-17(11-16)22-23(28)25-19-9-3-8-18(12-20(26)27)21(19)29-22/h1-11,22H,12-13,24H2,(H,25,28)(H,26,27)/t22-/m1/s1. The van der Waals surface area contributed by atoms with Gasteiger partial charge in [-0.15, -0.1) is 0 Å². The number of carboxylic acid groups (broad SMARTS) is 1. The first-order valence-electron chi connectivity index (χ1n) is 9.25. The molecule has 0 fully saturated rings. The molecule has 6 nitrogen and oxygen atoms in total. The highest BCUT2D eigenvalue weighted by Gasteiger charge is 2.31. The number of rotatable bonds is 5. The fourth-order valence-corrected chi connectivity index (χ4v) is 3.47. The van der Waals surface area contributed by atoms with Crippen LogP contribution < -0.4 is 15.8 Å². The van der Waals surface area contributed by atoms with Gasteiger partial charge in [-0.2, -0.15) is 0 Å². The largest absolute Gasteiger partial charge is 0.481 e. The molecule has 6 heteroatoms. The van der Waals surface area contributed by atoms with Gasteiger partial charge >= 0.3 is 5.97 Å². The van der Waals surface area contributed by atoms with Crippen molar-refractivity contribution in [1.82, 2.24) is 0 Å². The van der Waals surface area contributed by atoms with E-state index in [4.69, 9.17) is 15.6 Å². The number of hydrogen-bond acceptors (Lipinski definition) is 4. The highest BCUT2D eigenvalue weighted by molar-refractivity contribution is 5.99. The molecule has 1 amide bonds. The van der Waals surface area contributed by atoms with Gasteiger partial charge in [-0.1, -0.05) is 48.5 Å². The second-order valence-corrected chi connectivity index (χ2v) is 6.88. The number of hydrogen-bond donors (Lipinski definition) is 3. The molecule has 0 radical (unpaired) electrons. The summed E-state index contributed by atoms with van der Waals surface area (Å²) in [6.45, 7) is 0.449. The molecule has 1 aliphatic rings. The third kappa shape index (κ3) is 3.83. The van der Waals surface area contributed by atoms with Gasteiger partial charge in [-0.05, 0) is 34.9 Å². The van der Waals surface area contributed by atoms with Crippen LogP contribution >= 0.6 is 0 Å². The van der Waals surface area contributed by atoms with E-state index in [0.29, 0.717) is 29.1 Å². The van der Waals surface area contributed by atoms with Crippen LogP contribution in [0.15, 0.2) is 66.7 Å². The normalized spacial score (nSPS) is 15.2. The summed E-state index contributed by atoms with van der Waals surface area (Å²) in [5.74, 6) is -0.856. The highest BCUT2D eigenvalue weighted by Crippen LogP contribution is 2.38. The highest BCUT2D eigenvalue weighted by atomic mass is 16.5. The second-order valence-electron chi connectivity index (χ2n) is 6.88. The van der Waals surface area contributed by atoms with E-state index in [-0.39, 0.29) is 12.3 Å². The lowest BCUT2D eigenvalue weighted by molar-refractivity contribution is -0.136. The van der Waals surface area contributed by atoms with Crippen LogP contribution in [-0.2, 0) is 22.6 Å². The molecule has 0 spiro atoms. The Hall–Kier alpha value is -3.64. The van der Waals surface area contributed by atoms with Gasteiger partial charge in [0.1, 0.15) is 5.75 Å². The van der Waals surface area contributed by atoms with Gasteiger partial charge < -0.3 is 20.9 Å². The van der Waals surface area contributed by atoms with E-state index >= 15 is 0 Å².